The summed E-state index contributed by atoms with van der Waals surface area (Å²) in [6, 6.07) is 7.06. The molecule has 1 N–H and O–H groups in total. The van der Waals surface area contributed by atoms with Gasteiger partial charge in [0.05, 0.1) is 6.61 Å². The van der Waals surface area contributed by atoms with Gasteiger partial charge in [0, 0.05) is 29.4 Å². The van der Waals surface area contributed by atoms with Crippen molar-refractivity contribution in [1.29, 1.82) is 0 Å². The molecular weight excluding hydrogens is 555 g/mol. The molecule has 1 aromatic carbocycles. The lowest BCUT2D eigenvalue weighted by molar-refractivity contribution is -0.362. The van der Waals surface area contributed by atoms with Crippen molar-refractivity contribution in [3.05, 3.63) is 70.3 Å². The van der Waals surface area contributed by atoms with Crippen molar-refractivity contribution in [3.8, 4) is 11.8 Å². The Balaban J connectivity index is 1.56. The molecule has 0 unspecified atom stereocenters. The molecule has 224 valence electrons. The highest BCUT2D eigenvalue weighted by Gasteiger charge is 2.79. The van der Waals surface area contributed by atoms with Crippen LogP contribution in [0.15, 0.2) is 59.2 Å². The highest BCUT2D eigenvalue weighted by atomic mass is 19.4. The molecule has 5 atom stereocenters. The molecule has 0 bridgehead atoms. The third kappa shape index (κ3) is 4.82. The van der Waals surface area contributed by atoms with E-state index in [0.717, 1.165) is 22.3 Å². The van der Waals surface area contributed by atoms with Crippen LogP contribution in [-0.4, -0.2) is 41.2 Å². The zero-order chi connectivity index (χ0) is 30.5. The van der Waals surface area contributed by atoms with E-state index < -0.39 is 47.3 Å². The van der Waals surface area contributed by atoms with E-state index >= 15 is 8.78 Å². The fourth-order valence-electron chi connectivity index (χ4n) is 7.94. The van der Waals surface area contributed by atoms with Crippen molar-refractivity contribution in [1.82, 2.24) is 0 Å². The van der Waals surface area contributed by atoms with Crippen molar-refractivity contribution < 1.29 is 41.4 Å². The van der Waals surface area contributed by atoms with Crippen LogP contribution in [0, 0.1) is 29.1 Å². The van der Waals surface area contributed by atoms with E-state index in [1.165, 1.54) is 19.1 Å². The topological polar surface area (TPSA) is 63.6 Å². The minimum absolute atomic E-state index is 0.0324. The molecule has 0 spiro atoms. The first-order valence-corrected chi connectivity index (χ1v) is 14.3. The molecule has 0 aliphatic heterocycles. The van der Waals surface area contributed by atoms with E-state index in [4.69, 9.17) is 4.74 Å². The van der Waals surface area contributed by atoms with Gasteiger partial charge in [0.2, 0.25) is 0 Å². The highest BCUT2D eigenvalue weighted by molar-refractivity contribution is 5.93. The summed E-state index contributed by atoms with van der Waals surface area (Å²) in [6.45, 7) is 3.35. The fourth-order valence-corrected chi connectivity index (χ4v) is 7.94. The number of alkyl halides is 5. The Morgan fingerprint density at radius 2 is 1.83 bits per heavy atom. The first-order chi connectivity index (χ1) is 19.7. The van der Waals surface area contributed by atoms with E-state index in [-0.39, 0.29) is 31.1 Å². The number of carbonyl (C=O) groups excluding carboxylic acids is 2. The number of hydrogen-bond acceptors (Lipinski definition) is 4. The van der Waals surface area contributed by atoms with E-state index in [0.29, 0.717) is 31.2 Å². The SMILES string of the molecule is CCOC(=O)C=CC#Cc1ccc([C@H]2C[C@@]3(C)[C@@H](CC[C@@]3(O)C(F)(F)C(F)(F)F)[C@@H]3CCC4=CC(=O)CCC4=C32)cc1. The number of allylic oxidation sites excluding steroid dienone is 5. The van der Waals surface area contributed by atoms with Gasteiger partial charge >= 0.3 is 18.1 Å². The standard InChI is InChI=1S/C33H33F5O4/c1-3-42-28(40)7-5-4-6-20-8-10-21(11-9-20)26-19-30(2)27(16-17-31(30,41)32(34,35)33(36,37)38)25-14-12-22-18-23(39)13-15-24(22)29(25)26/h5,7-11,18,25-27,41H,3,12-17,19H2,1-2H3/t25-,26+,27-,30-,31-/m0/s1. The second-order valence-corrected chi connectivity index (χ2v) is 11.9. The molecule has 4 nitrogen and oxygen atoms in total. The summed E-state index contributed by atoms with van der Waals surface area (Å²) in [4.78, 5) is 23.6. The van der Waals surface area contributed by atoms with Crippen molar-refractivity contribution >= 4 is 11.8 Å². The third-order valence-corrected chi connectivity index (χ3v) is 9.88. The van der Waals surface area contributed by atoms with Crippen LogP contribution in [0.4, 0.5) is 22.0 Å². The molecule has 4 aliphatic rings. The van der Waals surface area contributed by atoms with Gasteiger partial charge in [-0.15, -0.1) is 0 Å². The largest absolute Gasteiger partial charge is 0.463 e. The summed E-state index contributed by atoms with van der Waals surface area (Å²) in [7, 11) is 0. The summed E-state index contributed by atoms with van der Waals surface area (Å²) in [5, 5.41) is 11.4. The van der Waals surface area contributed by atoms with Crippen LogP contribution in [0.5, 0.6) is 0 Å². The minimum atomic E-state index is -5.89. The van der Waals surface area contributed by atoms with E-state index in [9.17, 15) is 27.9 Å². The molecule has 1 aromatic rings. The van der Waals surface area contributed by atoms with E-state index in [1.54, 1.807) is 37.3 Å². The van der Waals surface area contributed by atoms with Gasteiger partial charge < -0.3 is 9.84 Å². The Labute approximate surface area is 241 Å². The smallest absolute Gasteiger partial charge is 0.456 e. The van der Waals surface area contributed by atoms with Crippen molar-refractivity contribution in [2.75, 3.05) is 6.61 Å². The van der Waals surface area contributed by atoms with Crippen LogP contribution in [0.25, 0.3) is 0 Å². The molecule has 9 heteroatoms. The van der Waals surface area contributed by atoms with Gasteiger partial charge in [0.1, 0.15) is 5.60 Å². The number of ketones is 1. The first kappa shape index (κ1) is 30.2. The second kappa shape index (κ2) is 10.8. The summed E-state index contributed by atoms with van der Waals surface area (Å²) in [5.74, 6) is -1.43. The Hall–Kier alpha value is -3.25. The molecule has 2 saturated carbocycles. The van der Waals surface area contributed by atoms with Crippen LogP contribution >= 0.6 is 0 Å². The number of aliphatic hydroxyl groups is 1. The van der Waals surface area contributed by atoms with E-state index in [1.807, 2.05) is 0 Å². The molecule has 42 heavy (non-hydrogen) atoms. The molecule has 0 amide bonds. The summed E-state index contributed by atoms with van der Waals surface area (Å²) in [5.41, 5.74) is -0.634. The normalized spacial score (nSPS) is 31.1. The van der Waals surface area contributed by atoms with Crippen LogP contribution in [-0.2, 0) is 14.3 Å². The number of fused-ring (bicyclic) bond motifs is 4. The van der Waals surface area contributed by atoms with Crippen molar-refractivity contribution in [2.24, 2.45) is 17.3 Å². The molecule has 2 fully saturated rings. The Kier molecular flexibility index (Phi) is 7.76. The van der Waals surface area contributed by atoms with Gasteiger partial charge in [-0.05, 0) is 98.3 Å². The van der Waals surface area contributed by atoms with Crippen LogP contribution in [0.3, 0.4) is 0 Å². The molecule has 0 saturated heterocycles. The maximum absolute atomic E-state index is 15.1. The monoisotopic (exact) mass is 588 g/mol. The zero-order valence-corrected chi connectivity index (χ0v) is 23.5. The number of ether oxygens (including phenoxy) is 1. The maximum Gasteiger partial charge on any atom is 0.456 e. The number of benzene rings is 1. The Bertz CT molecular complexity index is 1420. The van der Waals surface area contributed by atoms with Crippen molar-refractivity contribution in [2.45, 2.75) is 82.4 Å². The average Bonchev–Trinajstić information content (AvgIpc) is 3.21. The predicted molar refractivity (Wildman–Crippen MR) is 145 cm³/mol. The minimum Gasteiger partial charge on any atom is -0.463 e. The van der Waals surface area contributed by atoms with Gasteiger partial charge in [-0.25, -0.2) is 4.79 Å². The van der Waals surface area contributed by atoms with Gasteiger partial charge in [-0.3, -0.25) is 4.79 Å². The quantitative estimate of drug-likeness (QED) is 0.178. The van der Waals surface area contributed by atoms with Gasteiger partial charge in [0.15, 0.2) is 5.78 Å². The van der Waals surface area contributed by atoms with Crippen LogP contribution in [0.1, 0.15) is 75.8 Å². The molecular formula is C33H33F5O4. The lowest BCUT2D eigenvalue weighted by Gasteiger charge is -2.56. The third-order valence-electron chi connectivity index (χ3n) is 9.88. The zero-order valence-electron chi connectivity index (χ0n) is 23.5. The van der Waals surface area contributed by atoms with Crippen LogP contribution < -0.4 is 0 Å². The number of rotatable bonds is 4. The lowest BCUT2D eigenvalue weighted by Crippen LogP contribution is -2.65. The molecule has 0 aromatic heterocycles. The molecule has 4 aliphatic carbocycles. The molecule has 0 heterocycles. The lowest BCUT2D eigenvalue weighted by atomic mass is 9.50. The maximum atomic E-state index is 15.1. The number of carbonyl (C=O) groups is 2. The first-order valence-electron chi connectivity index (χ1n) is 14.3. The second-order valence-electron chi connectivity index (χ2n) is 11.9. The molecule has 5 rings (SSSR count). The van der Waals surface area contributed by atoms with E-state index in [2.05, 4.69) is 11.8 Å². The fraction of sp³-hybridized carbons (Fsp3) is 0.515. The summed E-state index contributed by atoms with van der Waals surface area (Å²) >= 11 is 0. The highest BCUT2D eigenvalue weighted by Crippen LogP contribution is 2.70. The molecule has 0 radical (unpaired) electrons. The summed E-state index contributed by atoms with van der Waals surface area (Å²) in [6.07, 6.45) is -0.392. The Morgan fingerprint density at radius 3 is 2.50 bits per heavy atom. The van der Waals surface area contributed by atoms with Gasteiger partial charge in [0.25, 0.3) is 0 Å². The predicted octanol–water partition coefficient (Wildman–Crippen LogP) is 6.99. The van der Waals surface area contributed by atoms with Crippen LogP contribution in [0.2, 0.25) is 0 Å². The van der Waals surface area contributed by atoms with Gasteiger partial charge in [-0.1, -0.05) is 36.5 Å². The number of halogens is 5. The number of esters is 1. The van der Waals surface area contributed by atoms with Crippen molar-refractivity contribution in [3.63, 3.8) is 0 Å². The van der Waals surface area contributed by atoms with Gasteiger partial charge in [-0.2, -0.15) is 22.0 Å². The number of hydrogen-bond donors (Lipinski definition) is 1. The Morgan fingerprint density at radius 1 is 1.12 bits per heavy atom. The average molecular weight is 589 g/mol. The summed E-state index contributed by atoms with van der Waals surface area (Å²) < 4.78 is 76.2.